The standard InChI is InChI=1S/C24H29N5O4S/c1-4-27(5-2)34(32,33)19-13-11-18(12-14-19)29-16-17(15-22(29)30)23(31)26-24-25-20-9-7-8-10-21(20)28(24)6-3/h7-14,17H,4-6,15-16H2,1-3H3,(H,25,26,31). The second-order valence-electron chi connectivity index (χ2n) is 8.15. The molecule has 2 aromatic carbocycles. The lowest BCUT2D eigenvalue weighted by atomic mass is 10.1. The molecule has 1 unspecified atom stereocenters. The summed E-state index contributed by atoms with van der Waals surface area (Å²) in [7, 11) is -3.58. The summed E-state index contributed by atoms with van der Waals surface area (Å²) in [6, 6.07) is 13.9. The lowest BCUT2D eigenvalue weighted by Crippen LogP contribution is -2.31. The smallest absolute Gasteiger partial charge is 0.243 e. The van der Waals surface area contributed by atoms with Gasteiger partial charge in [-0.05, 0) is 43.3 Å². The van der Waals surface area contributed by atoms with Gasteiger partial charge in [0, 0.05) is 38.3 Å². The normalized spacial score (nSPS) is 16.5. The van der Waals surface area contributed by atoms with Crippen LogP contribution in [0.5, 0.6) is 0 Å². The predicted octanol–water partition coefficient (Wildman–Crippen LogP) is 3.08. The van der Waals surface area contributed by atoms with E-state index in [0.29, 0.717) is 31.3 Å². The Hall–Kier alpha value is -3.24. The average Bonchev–Trinajstić information content (AvgIpc) is 3.39. The van der Waals surface area contributed by atoms with Crippen molar-refractivity contribution >= 4 is 44.5 Å². The van der Waals surface area contributed by atoms with Crippen LogP contribution in [0.25, 0.3) is 11.0 Å². The zero-order valence-electron chi connectivity index (χ0n) is 19.6. The molecule has 0 aliphatic carbocycles. The minimum absolute atomic E-state index is 0.0810. The molecule has 10 heteroatoms. The fourth-order valence-electron chi connectivity index (χ4n) is 4.35. The summed E-state index contributed by atoms with van der Waals surface area (Å²) in [5.41, 5.74) is 2.30. The van der Waals surface area contributed by atoms with Crippen molar-refractivity contribution in [3.05, 3.63) is 48.5 Å². The molecule has 0 radical (unpaired) electrons. The maximum Gasteiger partial charge on any atom is 0.243 e. The van der Waals surface area contributed by atoms with Crippen LogP contribution < -0.4 is 10.2 Å². The van der Waals surface area contributed by atoms with Gasteiger partial charge in [0.05, 0.1) is 21.8 Å². The molecule has 1 aromatic heterocycles. The van der Waals surface area contributed by atoms with Gasteiger partial charge >= 0.3 is 0 Å². The van der Waals surface area contributed by atoms with Gasteiger partial charge in [-0.2, -0.15) is 4.31 Å². The Balaban J connectivity index is 1.49. The van der Waals surface area contributed by atoms with Gasteiger partial charge in [-0.1, -0.05) is 26.0 Å². The fourth-order valence-corrected chi connectivity index (χ4v) is 5.80. The molecule has 0 saturated carbocycles. The van der Waals surface area contributed by atoms with E-state index in [9.17, 15) is 18.0 Å². The largest absolute Gasteiger partial charge is 0.312 e. The van der Waals surface area contributed by atoms with Crippen molar-refractivity contribution in [1.29, 1.82) is 0 Å². The number of aromatic nitrogens is 2. The first kappa shape index (κ1) is 23.9. The number of para-hydroxylation sites is 2. The van der Waals surface area contributed by atoms with E-state index in [1.165, 1.54) is 21.3 Å². The van der Waals surface area contributed by atoms with Crippen LogP contribution in [0.15, 0.2) is 53.4 Å². The monoisotopic (exact) mass is 483 g/mol. The predicted molar refractivity (Wildman–Crippen MR) is 131 cm³/mol. The second-order valence-corrected chi connectivity index (χ2v) is 10.1. The number of anilines is 2. The summed E-state index contributed by atoms with van der Waals surface area (Å²) in [5, 5.41) is 2.89. The van der Waals surface area contributed by atoms with E-state index in [2.05, 4.69) is 10.3 Å². The van der Waals surface area contributed by atoms with Gasteiger partial charge in [-0.15, -0.1) is 0 Å². The molecule has 3 aromatic rings. The van der Waals surface area contributed by atoms with E-state index >= 15 is 0 Å². The summed E-state index contributed by atoms with van der Waals surface area (Å²) >= 11 is 0. The van der Waals surface area contributed by atoms with Gasteiger partial charge in [-0.25, -0.2) is 13.4 Å². The molecule has 1 N–H and O–H groups in total. The third-order valence-electron chi connectivity index (χ3n) is 6.19. The molecule has 1 atom stereocenters. The first-order valence-corrected chi connectivity index (χ1v) is 12.9. The molecule has 1 aliphatic rings. The first-order chi connectivity index (χ1) is 16.3. The number of carbonyl (C=O) groups is 2. The van der Waals surface area contributed by atoms with Gasteiger partial charge in [0.1, 0.15) is 0 Å². The molecule has 2 heterocycles. The van der Waals surface area contributed by atoms with Crippen LogP contribution in [0.3, 0.4) is 0 Å². The van der Waals surface area contributed by atoms with Crippen LogP contribution in [0.4, 0.5) is 11.6 Å². The Labute approximate surface area is 199 Å². The Kier molecular flexibility index (Phi) is 6.72. The summed E-state index contributed by atoms with van der Waals surface area (Å²) < 4.78 is 28.7. The number of hydrogen-bond acceptors (Lipinski definition) is 5. The summed E-state index contributed by atoms with van der Waals surface area (Å²) in [6.07, 6.45) is 0.0810. The zero-order chi connectivity index (χ0) is 24.5. The van der Waals surface area contributed by atoms with E-state index in [1.54, 1.807) is 26.0 Å². The Morgan fingerprint density at radius 2 is 1.76 bits per heavy atom. The number of imidazole rings is 1. The second kappa shape index (κ2) is 9.55. The molecule has 2 amide bonds. The molecule has 34 heavy (non-hydrogen) atoms. The highest BCUT2D eigenvalue weighted by Gasteiger charge is 2.36. The highest BCUT2D eigenvalue weighted by Crippen LogP contribution is 2.28. The molecular weight excluding hydrogens is 454 g/mol. The van der Waals surface area contributed by atoms with Crippen molar-refractivity contribution in [2.24, 2.45) is 5.92 Å². The fraction of sp³-hybridized carbons (Fsp3) is 0.375. The third-order valence-corrected chi connectivity index (χ3v) is 8.26. The van der Waals surface area contributed by atoms with Crippen LogP contribution in [0.2, 0.25) is 0 Å². The number of nitrogens with one attached hydrogen (secondary N) is 1. The van der Waals surface area contributed by atoms with E-state index in [-0.39, 0.29) is 29.7 Å². The van der Waals surface area contributed by atoms with Crippen LogP contribution in [-0.4, -0.2) is 53.7 Å². The maximum absolute atomic E-state index is 13.0. The highest BCUT2D eigenvalue weighted by atomic mass is 32.2. The summed E-state index contributed by atoms with van der Waals surface area (Å²) in [5.74, 6) is -0.507. The lowest BCUT2D eigenvalue weighted by molar-refractivity contribution is -0.122. The van der Waals surface area contributed by atoms with Crippen LogP contribution in [-0.2, 0) is 26.2 Å². The molecule has 9 nitrogen and oxygen atoms in total. The van der Waals surface area contributed by atoms with E-state index in [1.807, 2.05) is 35.8 Å². The number of hydrogen-bond donors (Lipinski definition) is 1. The SMILES string of the molecule is CCN(CC)S(=O)(=O)c1ccc(N2CC(C(=O)Nc3nc4ccccc4n3CC)CC2=O)cc1. The average molecular weight is 484 g/mol. The molecular formula is C24H29N5O4S. The van der Waals surface area contributed by atoms with Crippen molar-refractivity contribution < 1.29 is 18.0 Å². The molecule has 0 bridgehead atoms. The van der Waals surface area contributed by atoms with Crippen LogP contribution in [0.1, 0.15) is 27.2 Å². The van der Waals surface area contributed by atoms with Gasteiger partial charge in [0.2, 0.25) is 27.8 Å². The van der Waals surface area contributed by atoms with E-state index in [0.717, 1.165) is 11.0 Å². The Morgan fingerprint density at radius 3 is 2.41 bits per heavy atom. The van der Waals surface area contributed by atoms with Gasteiger partial charge < -0.3 is 9.47 Å². The zero-order valence-corrected chi connectivity index (χ0v) is 20.4. The third kappa shape index (κ3) is 4.30. The van der Waals surface area contributed by atoms with Crippen molar-refractivity contribution in [1.82, 2.24) is 13.9 Å². The molecule has 0 spiro atoms. The number of nitrogens with zero attached hydrogens (tertiary/aromatic N) is 4. The van der Waals surface area contributed by atoms with Crippen molar-refractivity contribution in [2.45, 2.75) is 38.6 Å². The minimum atomic E-state index is -3.58. The van der Waals surface area contributed by atoms with Gasteiger partial charge in [0.25, 0.3) is 0 Å². The number of aryl methyl sites for hydroxylation is 1. The topological polar surface area (TPSA) is 105 Å². The highest BCUT2D eigenvalue weighted by molar-refractivity contribution is 7.89. The number of sulfonamides is 1. The summed E-state index contributed by atoms with van der Waals surface area (Å²) in [6.45, 7) is 7.20. The van der Waals surface area contributed by atoms with E-state index in [4.69, 9.17) is 0 Å². The van der Waals surface area contributed by atoms with Gasteiger partial charge in [0.15, 0.2) is 0 Å². The Bertz CT molecular complexity index is 1310. The van der Waals surface area contributed by atoms with Gasteiger partial charge in [-0.3, -0.25) is 14.9 Å². The Morgan fingerprint density at radius 1 is 1.09 bits per heavy atom. The molecule has 1 saturated heterocycles. The van der Waals surface area contributed by atoms with E-state index < -0.39 is 15.9 Å². The summed E-state index contributed by atoms with van der Waals surface area (Å²) in [4.78, 5) is 31.9. The molecule has 1 aliphatic heterocycles. The molecule has 1 fully saturated rings. The molecule has 4 rings (SSSR count). The first-order valence-electron chi connectivity index (χ1n) is 11.5. The number of rotatable bonds is 8. The van der Waals surface area contributed by atoms with Crippen molar-refractivity contribution in [2.75, 3.05) is 29.9 Å². The number of benzene rings is 2. The lowest BCUT2D eigenvalue weighted by Gasteiger charge is -2.20. The van der Waals surface area contributed by atoms with Crippen LogP contribution in [0, 0.1) is 5.92 Å². The maximum atomic E-state index is 13.0. The molecule has 180 valence electrons. The minimum Gasteiger partial charge on any atom is -0.312 e. The van der Waals surface area contributed by atoms with Crippen molar-refractivity contribution in [3.8, 4) is 0 Å². The van der Waals surface area contributed by atoms with Crippen molar-refractivity contribution in [3.63, 3.8) is 0 Å². The van der Waals surface area contributed by atoms with Crippen LogP contribution >= 0.6 is 0 Å². The number of carbonyl (C=O) groups excluding carboxylic acids is 2. The number of amides is 2. The quantitative estimate of drug-likeness (QED) is 0.530. The number of fused-ring (bicyclic) bond motifs is 1.